The van der Waals surface area contributed by atoms with Crippen molar-refractivity contribution in [2.75, 3.05) is 13.2 Å². The molecule has 1 saturated heterocycles. The van der Waals surface area contributed by atoms with Crippen LogP contribution in [0, 0.1) is 11.3 Å². The van der Waals surface area contributed by atoms with Crippen LogP contribution in [0.4, 0.5) is 0 Å². The molecule has 0 saturated carbocycles. The number of carbonyl (C=O) groups excluding carboxylic acids is 1. The number of hydrogen-bond acceptors (Lipinski definition) is 5. The van der Waals surface area contributed by atoms with Gasteiger partial charge in [-0.25, -0.2) is 4.98 Å². The maximum Gasteiger partial charge on any atom is 0.240 e. The van der Waals surface area contributed by atoms with E-state index in [4.69, 9.17) is 16.3 Å². The van der Waals surface area contributed by atoms with Crippen LogP contribution in [0.1, 0.15) is 34.4 Å². The summed E-state index contributed by atoms with van der Waals surface area (Å²) in [7, 11) is 0. The third-order valence-corrected chi connectivity index (χ3v) is 7.13. The molecule has 2 heterocycles. The molecule has 1 aromatic heterocycles. The highest BCUT2D eigenvalue weighted by atomic mass is 35.5. The topological polar surface area (TPSA) is 83.2 Å². The molecule has 1 N–H and O–H groups in total. The summed E-state index contributed by atoms with van der Waals surface area (Å²) < 4.78 is 8.05. The van der Waals surface area contributed by atoms with Crippen LogP contribution in [-0.4, -0.2) is 39.6 Å². The smallest absolute Gasteiger partial charge is 0.240 e. The number of amides is 1. The number of rotatable bonds is 11. The first kappa shape index (κ1) is 26.5. The summed E-state index contributed by atoms with van der Waals surface area (Å²) in [5, 5.41) is 13.6. The second-order valence-corrected chi connectivity index (χ2v) is 10.1. The molecule has 0 spiro atoms. The number of nitrogens with zero attached hydrogens (tertiary/aromatic N) is 4. The van der Waals surface area contributed by atoms with Gasteiger partial charge < -0.3 is 19.5 Å². The Labute approximate surface area is 233 Å². The monoisotopic (exact) mass is 539 g/mol. The van der Waals surface area contributed by atoms with Crippen LogP contribution in [0.15, 0.2) is 85.3 Å². The highest BCUT2D eigenvalue weighted by Crippen LogP contribution is 2.22. The number of ether oxygens (including phenoxy) is 1. The van der Waals surface area contributed by atoms with E-state index in [0.717, 1.165) is 29.7 Å². The van der Waals surface area contributed by atoms with Crippen LogP contribution < -0.4 is 10.1 Å². The molecule has 8 heteroatoms. The van der Waals surface area contributed by atoms with Crippen LogP contribution in [0.2, 0.25) is 5.02 Å². The quantitative estimate of drug-likeness (QED) is 0.291. The van der Waals surface area contributed by atoms with Gasteiger partial charge in [0.25, 0.3) is 0 Å². The van der Waals surface area contributed by atoms with Gasteiger partial charge in [-0.2, -0.15) is 5.26 Å². The van der Waals surface area contributed by atoms with Crippen LogP contribution in [0.25, 0.3) is 0 Å². The minimum Gasteiger partial charge on any atom is -0.492 e. The highest BCUT2D eigenvalue weighted by Gasteiger charge is 2.31. The van der Waals surface area contributed by atoms with Gasteiger partial charge >= 0.3 is 0 Å². The molecule has 4 aromatic rings. The average Bonchev–Trinajstić information content (AvgIpc) is 3.54. The van der Waals surface area contributed by atoms with E-state index in [0.29, 0.717) is 49.1 Å². The summed E-state index contributed by atoms with van der Waals surface area (Å²) >= 11 is 6.10. The molecular weight excluding hydrogens is 510 g/mol. The van der Waals surface area contributed by atoms with E-state index in [-0.39, 0.29) is 11.9 Å². The van der Waals surface area contributed by atoms with Crippen LogP contribution in [0.3, 0.4) is 0 Å². The molecule has 1 aliphatic heterocycles. The molecule has 0 unspecified atom stereocenters. The van der Waals surface area contributed by atoms with Gasteiger partial charge in [0, 0.05) is 43.8 Å². The third kappa shape index (κ3) is 6.85. The minimum atomic E-state index is -0.230. The predicted octanol–water partition coefficient (Wildman–Crippen LogP) is 4.97. The largest absolute Gasteiger partial charge is 0.492 e. The molecule has 1 atom stereocenters. The summed E-state index contributed by atoms with van der Waals surface area (Å²) in [6, 6.07) is 25.4. The van der Waals surface area contributed by atoms with Crippen molar-refractivity contribution in [3.8, 4) is 11.8 Å². The zero-order valence-corrected chi connectivity index (χ0v) is 22.3. The lowest BCUT2D eigenvalue weighted by Gasteiger charge is -2.18. The van der Waals surface area contributed by atoms with Crippen molar-refractivity contribution in [2.45, 2.75) is 38.5 Å². The minimum absolute atomic E-state index is 0.102. The number of hydrogen-bond donors (Lipinski definition) is 1. The number of likely N-dealkylation sites (tertiary alicyclic amines) is 1. The Morgan fingerprint density at radius 3 is 2.67 bits per heavy atom. The van der Waals surface area contributed by atoms with E-state index < -0.39 is 0 Å². The van der Waals surface area contributed by atoms with Crippen molar-refractivity contribution in [2.24, 2.45) is 0 Å². The van der Waals surface area contributed by atoms with E-state index in [2.05, 4.69) is 28.5 Å². The lowest BCUT2D eigenvalue weighted by molar-refractivity contribution is -0.129. The number of nitrogens with one attached hydrogen (secondary N) is 1. The molecule has 0 aliphatic carbocycles. The molecule has 7 nitrogen and oxygen atoms in total. The van der Waals surface area contributed by atoms with Gasteiger partial charge in [-0.05, 0) is 47.4 Å². The van der Waals surface area contributed by atoms with Gasteiger partial charge in [-0.15, -0.1) is 0 Å². The summed E-state index contributed by atoms with van der Waals surface area (Å²) in [6.45, 7) is 2.87. The Kier molecular flexibility index (Phi) is 8.57. The van der Waals surface area contributed by atoms with E-state index in [1.165, 1.54) is 5.56 Å². The molecule has 5 rings (SSSR count). The first-order chi connectivity index (χ1) is 19.1. The van der Waals surface area contributed by atoms with E-state index in [1.54, 1.807) is 12.4 Å². The second-order valence-electron chi connectivity index (χ2n) is 9.65. The van der Waals surface area contributed by atoms with Gasteiger partial charge in [0.15, 0.2) is 0 Å². The number of carbonyl (C=O) groups is 1. The Morgan fingerprint density at radius 1 is 1.03 bits per heavy atom. The fourth-order valence-corrected chi connectivity index (χ4v) is 5.02. The SMILES string of the molecule is N#Cc1ccc(Cn2cncc2CN[C@@H]2CCN(Cc3cccc(Cl)c3)C2=O)cc1OCCc1ccccc1. The van der Waals surface area contributed by atoms with Gasteiger partial charge in [0.2, 0.25) is 5.91 Å². The van der Waals surface area contributed by atoms with E-state index in [9.17, 15) is 10.1 Å². The third-order valence-electron chi connectivity index (χ3n) is 6.90. The fourth-order valence-electron chi connectivity index (χ4n) is 4.80. The van der Waals surface area contributed by atoms with E-state index >= 15 is 0 Å². The average molecular weight is 540 g/mol. The first-order valence-corrected chi connectivity index (χ1v) is 13.4. The highest BCUT2D eigenvalue weighted by molar-refractivity contribution is 6.30. The van der Waals surface area contributed by atoms with Crippen molar-refractivity contribution in [1.82, 2.24) is 19.8 Å². The number of imidazole rings is 1. The number of halogens is 1. The molecule has 1 amide bonds. The first-order valence-electron chi connectivity index (χ1n) is 13.0. The second kappa shape index (κ2) is 12.6. The van der Waals surface area contributed by atoms with E-state index in [1.807, 2.05) is 70.3 Å². The van der Waals surface area contributed by atoms with Crippen LogP contribution >= 0.6 is 11.6 Å². The Bertz CT molecular complexity index is 1460. The van der Waals surface area contributed by atoms with Gasteiger partial charge in [0.05, 0.1) is 30.2 Å². The lowest BCUT2D eigenvalue weighted by atomic mass is 10.1. The fraction of sp³-hybridized carbons (Fsp3) is 0.258. The molecule has 1 fully saturated rings. The zero-order chi connectivity index (χ0) is 27.0. The Hall–Kier alpha value is -4.12. The zero-order valence-electron chi connectivity index (χ0n) is 21.6. The molecule has 0 bridgehead atoms. The summed E-state index contributed by atoms with van der Waals surface area (Å²) in [5.74, 6) is 0.687. The van der Waals surface area contributed by atoms with Crippen LogP contribution in [-0.2, 0) is 30.8 Å². The van der Waals surface area contributed by atoms with Crippen LogP contribution in [0.5, 0.6) is 5.75 Å². The van der Waals surface area contributed by atoms with Crippen molar-refractivity contribution in [3.05, 3.63) is 118 Å². The Morgan fingerprint density at radius 2 is 1.85 bits per heavy atom. The molecule has 198 valence electrons. The standard InChI is InChI=1S/C31H30ClN5O2/c32-27-8-4-7-24(15-27)20-36-13-11-29(31(36)38)35-19-28-18-34-22-37(28)21-25-9-10-26(17-33)30(16-25)39-14-12-23-5-2-1-3-6-23/h1-10,15-16,18,22,29,35H,11-14,19-21H2/t29-/m1/s1. The number of nitriles is 1. The van der Waals surface area contributed by atoms with Gasteiger partial charge in [0.1, 0.15) is 11.8 Å². The van der Waals surface area contributed by atoms with Gasteiger partial charge in [-0.1, -0.05) is 60.1 Å². The molecular formula is C31H30ClN5O2. The Balaban J connectivity index is 1.17. The van der Waals surface area contributed by atoms with Crippen molar-refractivity contribution >= 4 is 17.5 Å². The molecule has 3 aromatic carbocycles. The summed E-state index contributed by atoms with van der Waals surface area (Å²) in [5.41, 5.74) is 4.72. The normalized spacial score (nSPS) is 14.9. The van der Waals surface area contributed by atoms with Crippen molar-refractivity contribution in [3.63, 3.8) is 0 Å². The predicted molar refractivity (Wildman–Crippen MR) is 150 cm³/mol. The summed E-state index contributed by atoms with van der Waals surface area (Å²) in [6.07, 6.45) is 5.13. The lowest BCUT2D eigenvalue weighted by Crippen LogP contribution is -2.38. The molecule has 39 heavy (non-hydrogen) atoms. The maximum atomic E-state index is 13.0. The maximum absolute atomic E-state index is 13.0. The molecule has 1 aliphatic rings. The number of benzene rings is 3. The van der Waals surface area contributed by atoms with Gasteiger partial charge in [-0.3, -0.25) is 4.79 Å². The number of aromatic nitrogens is 2. The van der Waals surface area contributed by atoms with Crippen molar-refractivity contribution in [1.29, 1.82) is 5.26 Å². The summed E-state index contributed by atoms with van der Waals surface area (Å²) in [4.78, 5) is 19.2. The molecule has 0 radical (unpaired) electrons. The van der Waals surface area contributed by atoms with Crippen molar-refractivity contribution < 1.29 is 9.53 Å².